The Kier molecular flexibility index (Phi) is 6.18. The summed E-state index contributed by atoms with van der Waals surface area (Å²) in [5.41, 5.74) is -0.144. The van der Waals surface area contributed by atoms with Crippen molar-refractivity contribution in [3.05, 3.63) is 60.0 Å². The Bertz CT molecular complexity index is 1240. The molecule has 0 radical (unpaired) electrons. The number of rotatable bonds is 7. The lowest BCUT2D eigenvalue weighted by atomic mass is 10.1. The molecular weight excluding hydrogens is 471 g/mol. The summed E-state index contributed by atoms with van der Waals surface area (Å²) in [4.78, 5) is 4.11. The van der Waals surface area contributed by atoms with Gasteiger partial charge in [-0.1, -0.05) is 29.1 Å². The number of alkyl halides is 5. The van der Waals surface area contributed by atoms with Gasteiger partial charge in [-0.2, -0.15) is 26.9 Å². The molecule has 0 atom stereocenters. The fourth-order valence-corrected chi connectivity index (χ4v) is 3.44. The molecule has 0 aliphatic rings. The molecule has 0 spiro atoms. The van der Waals surface area contributed by atoms with E-state index in [9.17, 15) is 22.0 Å². The standard InChI is InChI=1S/C19H13F5N6O2S/c20-17(21)31-13-6-4-10(5-7-13)16-27-28-18(30(16)25)33-9-14-26-15(29-32-14)11-2-1-3-12(8-11)19(22,23)24/h1-8,17H,9,25H2. The maximum absolute atomic E-state index is 12.9. The summed E-state index contributed by atoms with van der Waals surface area (Å²) >= 11 is 1.11. The number of aromatic nitrogens is 5. The molecule has 33 heavy (non-hydrogen) atoms. The smallest absolute Gasteiger partial charge is 0.416 e. The number of ether oxygens (including phenoxy) is 1. The monoisotopic (exact) mass is 484 g/mol. The van der Waals surface area contributed by atoms with Crippen LogP contribution in [-0.4, -0.2) is 31.6 Å². The van der Waals surface area contributed by atoms with E-state index >= 15 is 0 Å². The number of halogens is 5. The van der Waals surface area contributed by atoms with Crippen LogP contribution >= 0.6 is 11.8 Å². The van der Waals surface area contributed by atoms with Gasteiger partial charge in [-0.3, -0.25) is 0 Å². The molecule has 0 saturated heterocycles. The zero-order valence-corrected chi connectivity index (χ0v) is 17.1. The minimum Gasteiger partial charge on any atom is -0.435 e. The molecule has 0 aliphatic carbocycles. The van der Waals surface area contributed by atoms with Crippen molar-refractivity contribution in [3.8, 4) is 28.5 Å². The highest BCUT2D eigenvalue weighted by Crippen LogP contribution is 2.32. The summed E-state index contributed by atoms with van der Waals surface area (Å²) in [5.74, 6) is 6.56. The van der Waals surface area contributed by atoms with Gasteiger partial charge in [0.25, 0.3) is 0 Å². The molecule has 2 heterocycles. The average molecular weight is 484 g/mol. The molecule has 0 amide bonds. The van der Waals surface area contributed by atoms with Gasteiger partial charge in [-0.25, -0.2) is 4.68 Å². The number of nitrogens with zero attached hydrogens (tertiary/aromatic N) is 5. The van der Waals surface area contributed by atoms with Crippen LogP contribution in [0.3, 0.4) is 0 Å². The Hall–Kier alpha value is -3.68. The first kappa shape index (κ1) is 22.5. The highest BCUT2D eigenvalue weighted by atomic mass is 32.2. The van der Waals surface area contributed by atoms with Crippen LogP contribution in [-0.2, 0) is 11.9 Å². The lowest BCUT2D eigenvalue weighted by molar-refractivity contribution is -0.137. The van der Waals surface area contributed by atoms with Crippen molar-refractivity contribution in [1.82, 2.24) is 25.0 Å². The van der Waals surface area contributed by atoms with Crippen molar-refractivity contribution in [2.75, 3.05) is 5.84 Å². The molecule has 14 heteroatoms. The van der Waals surface area contributed by atoms with Crippen molar-refractivity contribution in [3.63, 3.8) is 0 Å². The fourth-order valence-electron chi connectivity index (χ4n) is 2.75. The van der Waals surface area contributed by atoms with E-state index < -0.39 is 18.4 Å². The number of nitrogen functional groups attached to an aromatic ring is 1. The van der Waals surface area contributed by atoms with Crippen molar-refractivity contribution in [1.29, 1.82) is 0 Å². The summed E-state index contributed by atoms with van der Waals surface area (Å²) in [5, 5.41) is 12.0. The molecule has 4 rings (SSSR count). The second kappa shape index (κ2) is 9.05. The quantitative estimate of drug-likeness (QED) is 0.230. The van der Waals surface area contributed by atoms with Crippen LogP contribution in [0.25, 0.3) is 22.8 Å². The van der Waals surface area contributed by atoms with Crippen LogP contribution in [0.1, 0.15) is 11.5 Å². The predicted octanol–water partition coefficient (Wildman–Crippen LogP) is 4.62. The SMILES string of the molecule is Nn1c(SCc2nc(-c3cccc(C(F)(F)F)c3)no2)nnc1-c1ccc(OC(F)F)cc1. The second-order valence-corrected chi connectivity index (χ2v) is 7.40. The van der Waals surface area contributed by atoms with Crippen molar-refractivity contribution in [2.45, 2.75) is 23.7 Å². The average Bonchev–Trinajstić information content (AvgIpc) is 3.39. The minimum absolute atomic E-state index is 0.0118. The minimum atomic E-state index is -4.49. The first-order valence-electron chi connectivity index (χ1n) is 9.09. The van der Waals surface area contributed by atoms with Gasteiger partial charge >= 0.3 is 12.8 Å². The van der Waals surface area contributed by atoms with Gasteiger partial charge in [-0.15, -0.1) is 10.2 Å². The zero-order valence-electron chi connectivity index (χ0n) is 16.3. The number of nitrogens with two attached hydrogens (primary N) is 1. The van der Waals surface area contributed by atoms with Crippen LogP contribution in [0, 0.1) is 0 Å². The van der Waals surface area contributed by atoms with Crippen LogP contribution in [0.5, 0.6) is 5.75 Å². The molecular formula is C19H13F5N6O2S. The number of thioether (sulfide) groups is 1. The van der Waals surface area contributed by atoms with E-state index in [4.69, 9.17) is 10.4 Å². The van der Waals surface area contributed by atoms with Gasteiger partial charge in [0.05, 0.1) is 11.3 Å². The molecule has 4 aromatic rings. The normalized spacial score (nSPS) is 11.8. The van der Waals surface area contributed by atoms with Gasteiger partial charge in [-0.05, 0) is 36.4 Å². The maximum Gasteiger partial charge on any atom is 0.416 e. The Morgan fingerprint density at radius 3 is 2.52 bits per heavy atom. The van der Waals surface area contributed by atoms with Crippen molar-refractivity contribution in [2.24, 2.45) is 0 Å². The molecule has 0 unspecified atom stereocenters. The van der Waals surface area contributed by atoms with E-state index in [1.165, 1.54) is 41.1 Å². The molecule has 2 aromatic carbocycles. The third-order valence-electron chi connectivity index (χ3n) is 4.24. The van der Waals surface area contributed by atoms with Crippen molar-refractivity contribution < 1.29 is 31.2 Å². The Labute approximate surface area is 186 Å². The first-order chi connectivity index (χ1) is 15.7. The second-order valence-electron chi connectivity index (χ2n) is 6.46. The summed E-state index contributed by atoms with van der Waals surface area (Å²) in [7, 11) is 0. The molecule has 0 bridgehead atoms. The molecule has 2 N–H and O–H groups in total. The Morgan fingerprint density at radius 1 is 1.06 bits per heavy atom. The summed E-state index contributed by atoms with van der Waals surface area (Å²) in [6, 6.07) is 10.3. The largest absolute Gasteiger partial charge is 0.435 e. The highest BCUT2D eigenvalue weighted by molar-refractivity contribution is 7.98. The van der Waals surface area contributed by atoms with Gasteiger partial charge < -0.3 is 15.1 Å². The highest BCUT2D eigenvalue weighted by Gasteiger charge is 2.30. The number of hydrogen-bond donors (Lipinski definition) is 1. The number of benzene rings is 2. The number of hydrogen-bond acceptors (Lipinski definition) is 8. The van der Waals surface area contributed by atoms with Crippen LogP contribution < -0.4 is 10.6 Å². The van der Waals surface area contributed by atoms with E-state index in [0.29, 0.717) is 5.56 Å². The maximum atomic E-state index is 12.9. The van der Waals surface area contributed by atoms with Crippen LogP contribution in [0.2, 0.25) is 0 Å². The zero-order chi connectivity index (χ0) is 23.6. The summed E-state index contributed by atoms with van der Waals surface area (Å²) < 4.78 is 73.8. The van der Waals surface area contributed by atoms with E-state index in [-0.39, 0.29) is 39.8 Å². The molecule has 2 aromatic heterocycles. The van der Waals surface area contributed by atoms with Gasteiger partial charge in [0.1, 0.15) is 5.75 Å². The topological polar surface area (TPSA) is 105 Å². The van der Waals surface area contributed by atoms with E-state index in [1.54, 1.807) is 0 Å². The Morgan fingerprint density at radius 2 is 1.82 bits per heavy atom. The van der Waals surface area contributed by atoms with E-state index in [1.807, 2.05) is 0 Å². The van der Waals surface area contributed by atoms with E-state index in [0.717, 1.165) is 23.9 Å². The van der Waals surface area contributed by atoms with Gasteiger partial charge in [0.15, 0.2) is 5.82 Å². The lowest BCUT2D eigenvalue weighted by Crippen LogP contribution is -2.11. The molecule has 0 aliphatic heterocycles. The Balaban J connectivity index is 1.44. The van der Waals surface area contributed by atoms with Gasteiger partial charge in [0, 0.05) is 11.1 Å². The first-order valence-corrected chi connectivity index (χ1v) is 10.1. The van der Waals surface area contributed by atoms with Crippen LogP contribution in [0.4, 0.5) is 22.0 Å². The molecule has 8 nitrogen and oxygen atoms in total. The molecule has 0 fully saturated rings. The van der Waals surface area contributed by atoms with Crippen LogP contribution in [0.15, 0.2) is 58.2 Å². The lowest BCUT2D eigenvalue weighted by Gasteiger charge is -2.06. The van der Waals surface area contributed by atoms with Gasteiger partial charge in [0.2, 0.25) is 16.9 Å². The van der Waals surface area contributed by atoms with Crippen molar-refractivity contribution >= 4 is 11.8 Å². The fraction of sp³-hybridized carbons (Fsp3) is 0.158. The van der Waals surface area contributed by atoms with E-state index in [2.05, 4.69) is 25.1 Å². The third-order valence-corrected chi connectivity index (χ3v) is 5.17. The third kappa shape index (κ3) is 5.22. The predicted molar refractivity (Wildman–Crippen MR) is 107 cm³/mol. The molecule has 172 valence electrons. The summed E-state index contributed by atoms with van der Waals surface area (Å²) in [6.07, 6.45) is -4.49. The summed E-state index contributed by atoms with van der Waals surface area (Å²) in [6.45, 7) is -2.93. The molecule has 0 saturated carbocycles.